The van der Waals surface area contributed by atoms with Crippen LogP contribution in [-0.2, 0) is 0 Å². The van der Waals surface area contributed by atoms with Crippen LogP contribution in [0.1, 0.15) is 25.7 Å². The normalized spacial score (nSPS) is 29.1. The van der Waals surface area contributed by atoms with Crippen molar-refractivity contribution in [3.05, 3.63) is 35.5 Å². The van der Waals surface area contributed by atoms with Crippen LogP contribution in [0.15, 0.2) is 30.5 Å². The molecule has 0 amide bonds. The van der Waals surface area contributed by atoms with Gasteiger partial charge in [-0.3, -0.25) is 4.98 Å². The van der Waals surface area contributed by atoms with Crippen LogP contribution in [0.25, 0.3) is 10.9 Å². The van der Waals surface area contributed by atoms with Crippen molar-refractivity contribution in [2.75, 3.05) is 4.90 Å². The molecule has 2 aromatic rings. The Labute approximate surface area is 128 Å². The van der Waals surface area contributed by atoms with Crippen molar-refractivity contribution in [2.45, 2.75) is 43.1 Å². The molecule has 1 aromatic heterocycles. The van der Waals surface area contributed by atoms with E-state index in [0.29, 0.717) is 17.5 Å². The molecule has 0 spiro atoms. The van der Waals surface area contributed by atoms with Gasteiger partial charge in [-0.05, 0) is 49.9 Å². The number of aromatic nitrogens is 1. The summed E-state index contributed by atoms with van der Waals surface area (Å²) >= 11 is 12.5. The highest BCUT2D eigenvalue weighted by Crippen LogP contribution is 2.43. The van der Waals surface area contributed by atoms with E-state index in [1.807, 2.05) is 18.3 Å². The minimum atomic E-state index is 0.339. The van der Waals surface area contributed by atoms with Crippen LogP contribution in [0, 0.1) is 0 Å². The molecule has 4 heteroatoms. The Hall–Kier alpha value is -0.990. The van der Waals surface area contributed by atoms with E-state index in [1.165, 1.54) is 23.9 Å². The van der Waals surface area contributed by atoms with Crippen LogP contribution in [0.3, 0.4) is 0 Å². The van der Waals surface area contributed by atoms with Crippen LogP contribution >= 0.6 is 23.2 Å². The van der Waals surface area contributed by atoms with Gasteiger partial charge in [0, 0.05) is 39.8 Å². The number of hydrogen-bond donors (Lipinski definition) is 0. The van der Waals surface area contributed by atoms with Gasteiger partial charge in [0.25, 0.3) is 0 Å². The first kappa shape index (κ1) is 12.7. The Morgan fingerprint density at radius 3 is 2.60 bits per heavy atom. The number of alkyl halides is 1. The maximum atomic E-state index is 6.38. The van der Waals surface area contributed by atoms with Gasteiger partial charge < -0.3 is 4.90 Å². The number of halogens is 2. The van der Waals surface area contributed by atoms with Crippen LogP contribution in [0.2, 0.25) is 5.02 Å². The highest BCUT2D eigenvalue weighted by atomic mass is 35.5. The molecule has 2 aliphatic rings. The second-order valence-corrected chi connectivity index (χ2v) is 6.91. The molecule has 2 fully saturated rings. The van der Waals surface area contributed by atoms with Crippen molar-refractivity contribution < 1.29 is 0 Å². The van der Waals surface area contributed by atoms with Crippen molar-refractivity contribution >= 4 is 39.8 Å². The number of fused-ring (bicyclic) bond motifs is 3. The second-order valence-electron chi connectivity index (χ2n) is 5.85. The van der Waals surface area contributed by atoms with Gasteiger partial charge in [0.1, 0.15) is 0 Å². The lowest BCUT2D eigenvalue weighted by Gasteiger charge is -2.39. The van der Waals surface area contributed by atoms with Crippen molar-refractivity contribution in [1.82, 2.24) is 4.98 Å². The molecule has 20 heavy (non-hydrogen) atoms. The van der Waals surface area contributed by atoms with E-state index >= 15 is 0 Å². The van der Waals surface area contributed by atoms with Crippen LogP contribution < -0.4 is 4.90 Å². The number of pyridine rings is 1. The Balaban J connectivity index is 1.83. The third kappa shape index (κ3) is 1.97. The molecule has 2 saturated heterocycles. The van der Waals surface area contributed by atoms with Crippen molar-refractivity contribution in [2.24, 2.45) is 0 Å². The maximum Gasteiger partial charge on any atom is 0.0737 e. The molecule has 2 atom stereocenters. The lowest BCUT2D eigenvalue weighted by Crippen LogP contribution is -2.43. The molecule has 2 nitrogen and oxygen atoms in total. The Bertz CT molecular complexity index is 644. The summed E-state index contributed by atoms with van der Waals surface area (Å²) in [7, 11) is 0. The fourth-order valence-electron chi connectivity index (χ4n) is 3.84. The maximum absolute atomic E-state index is 6.38. The lowest BCUT2D eigenvalue weighted by atomic mass is 10.0. The van der Waals surface area contributed by atoms with Crippen LogP contribution in [-0.4, -0.2) is 22.4 Å². The van der Waals surface area contributed by atoms with Crippen LogP contribution in [0.5, 0.6) is 0 Å². The zero-order valence-electron chi connectivity index (χ0n) is 11.1. The smallest absolute Gasteiger partial charge is 0.0737 e. The van der Waals surface area contributed by atoms with Gasteiger partial charge in [0.05, 0.1) is 5.52 Å². The third-order valence-electron chi connectivity index (χ3n) is 4.64. The van der Waals surface area contributed by atoms with E-state index in [-0.39, 0.29) is 0 Å². The number of rotatable bonds is 1. The molecule has 1 aromatic carbocycles. The van der Waals surface area contributed by atoms with E-state index in [0.717, 1.165) is 23.4 Å². The Kier molecular flexibility index (Phi) is 3.04. The number of benzene rings is 1. The predicted octanol–water partition coefficient (Wildman–Crippen LogP) is 4.63. The number of piperidine rings is 1. The molecule has 104 valence electrons. The van der Waals surface area contributed by atoms with E-state index in [2.05, 4.69) is 22.0 Å². The predicted molar refractivity (Wildman–Crippen MR) is 84.9 cm³/mol. The van der Waals surface area contributed by atoms with E-state index in [1.54, 1.807) is 0 Å². The fourth-order valence-corrected chi connectivity index (χ4v) is 4.41. The molecule has 4 rings (SSSR count). The summed E-state index contributed by atoms with van der Waals surface area (Å²) < 4.78 is 0. The first-order valence-corrected chi connectivity index (χ1v) is 8.00. The molecule has 2 aliphatic heterocycles. The van der Waals surface area contributed by atoms with Gasteiger partial charge in [0.15, 0.2) is 0 Å². The monoisotopic (exact) mass is 306 g/mol. The summed E-state index contributed by atoms with van der Waals surface area (Å²) in [5.41, 5.74) is 2.27. The number of hydrogen-bond acceptors (Lipinski definition) is 2. The molecule has 2 bridgehead atoms. The lowest BCUT2D eigenvalue weighted by molar-refractivity contribution is 0.475. The van der Waals surface area contributed by atoms with Gasteiger partial charge in [0.2, 0.25) is 0 Å². The number of anilines is 1. The molecule has 3 heterocycles. The summed E-state index contributed by atoms with van der Waals surface area (Å²) in [6.45, 7) is 0. The van der Waals surface area contributed by atoms with Crippen molar-refractivity contribution in [3.63, 3.8) is 0 Å². The first-order valence-electron chi connectivity index (χ1n) is 7.19. The van der Waals surface area contributed by atoms with Crippen LogP contribution in [0.4, 0.5) is 5.69 Å². The van der Waals surface area contributed by atoms with E-state index in [4.69, 9.17) is 23.2 Å². The summed E-state index contributed by atoms with van der Waals surface area (Å²) in [4.78, 5) is 7.03. The highest BCUT2D eigenvalue weighted by molar-refractivity contribution is 6.31. The van der Waals surface area contributed by atoms with Crippen molar-refractivity contribution in [1.29, 1.82) is 0 Å². The quantitative estimate of drug-likeness (QED) is 0.714. The SMILES string of the molecule is Clc1ccc2c(N3C4CCC3CC(Cl)C4)ccnc2c1. The number of nitrogens with zero attached hydrogens (tertiary/aromatic N) is 2. The summed E-state index contributed by atoms with van der Waals surface area (Å²) in [5, 5.41) is 2.28. The van der Waals surface area contributed by atoms with Gasteiger partial charge in [-0.1, -0.05) is 11.6 Å². The van der Waals surface area contributed by atoms with Gasteiger partial charge in [-0.15, -0.1) is 11.6 Å². The standard InChI is InChI=1S/C16H16Cl2N2/c17-10-1-4-14-15(9-10)19-6-5-16(14)20-12-2-3-13(20)8-11(18)7-12/h1,4-6,9,11-13H,2-3,7-8H2. The highest BCUT2D eigenvalue weighted by Gasteiger charge is 2.40. The topological polar surface area (TPSA) is 16.1 Å². The second kappa shape index (κ2) is 4.78. The zero-order chi connectivity index (χ0) is 13.7. The van der Waals surface area contributed by atoms with E-state index in [9.17, 15) is 0 Å². The molecule has 0 saturated carbocycles. The molecule has 0 radical (unpaired) electrons. The average Bonchev–Trinajstić information content (AvgIpc) is 2.69. The molecule has 2 unspecified atom stereocenters. The van der Waals surface area contributed by atoms with Gasteiger partial charge in [-0.25, -0.2) is 0 Å². The first-order chi connectivity index (χ1) is 9.72. The molecule has 0 aliphatic carbocycles. The molecular weight excluding hydrogens is 291 g/mol. The largest absolute Gasteiger partial charge is 0.365 e. The third-order valence-corrected chi connectivity index (χ3v) is 5.23. The summed E-state index contributed by atoms with van der Waals surface area (Å²) in [5.74, 6) is 0. The summed E-state index contributed by atoms with van der Waals surface area (Å²) in [6, 6.07) is 9.28. The minimum Gasteiger partial charge on any atom is -0.365 e. The van der Waals surface area contributed by atoms with Gasteiger partial charge in [-0.2, -0.15) is 0 Å². The Morgan fingerprint density at radius 1 is 1.10 bits per heavy atom. The van der Waals surface area contributed by atoms with E-state index < -0.39 is 0 Å². The zero-order valence-corrected chi connectivity index (χ0v) is 12.6. The minimum absolute atomic E-state index is 0.339. The van der Waals surface area contributed by atoms with Gasteiger partial charge >= 0.3 is 0 Å². The fraction of sp³-hybridized carbons (Fsp3) is 0.438. The molecule has 0 N–H and O–H groups in total. The summed E-state index contributed by atoms with van der Waals surface area (Å²) in [6.07, 6.45) is 6.59. The Morgan fingerprint density at radius 2 is 1.85 bits per heavy atom. The average molecular weight is 307 g/mol. The molecular formula is C16H16Cl2N2. The van der Waals surface area contributed by atoms with Crippen molar-refractivity contribution in [3.8, 4) is 0 Å².